The van der Waals surface area contributed by atoms with Gasteiger partial charge in [0.05, 0.1) is 6.10 Å². The van der Waals surface area contributed by atoms with Crippen LogP contribution in [0.1, 0.15) is 51.0 Å². The molecule has 1 fully saturated rings. The van der Waals surface area contributed by atoms with E-state index in [1.807, 2.05) is 0 Å². The van der Waals surface area contributed by atoms with Crippen LogP contribution in [0, 0.1) is 11.8 Å². The van der Waals surface area contributed by atoms with E-state index in [9.17, 15) is 5.11 Å². The lowest BCUT2D eigenvalue weighted by Crippen LogP contribution is -2.29. The van der Waals surface area contributed by atoms with Gasteiger partial charge in [-0.05, 0) is 66.3 Å². The van der Waals surface area contributed by atoms with Crippen LogP contribution >= 0.6 is 11.3 Å². The minimum absolute atomic E-state index is 0.0401. The third-order valence-electron chi connectivity index (χ3n) is 4.13. The highest BCUT2D eigenvalue weighted by atomic mass is 32.1. The molecule has 1 N–H and O–H groups in total. The molecule has 2 heteroatoms. The van der Waals surface area contributed by atoms with Gasteiger partial charge in [0.25, 0.3) is 0 Å². The molecule has 1 aromatic heterocycles. The molecule has 1 aliphatic carbocycles. The summed E-state index contributed by atoms with van der Waals surface area (Å²) in [6.07, 6.45) is 8.42. The molecular weight excluding hydrogens is 228 g/mol. The van der Waals surface area contributed by atoms with E-state index in [0.717, 1.165) is 25.2 Å². The molecule has 3 atom stereocenters. The minimum Gasteiger partial charge on any atom is -0.393 e. The molecule has 0 aliphatic heterocycles. The molecule has 0 aromatic carbocycles. The first-order valence-electron chi connectivity index (χ1n) is 6.98. The van der Waals surface area contributed by atoms with Crippen LogP contribution in [0.25, 0.3) is 0 Å². The summed E-state index contributed by atoms with van der Waals surface area (Å²) in [6.45, 7) is 2.27. The molecule has 0 amide bonds. The zero-order chi connectivity index (χ0) is 12.1. The molecule has 0 bridgehead atoms. The van der Waals surface area contributed by atoms with Crippen LogP contribution in [0.3, 0.4) is 0 Å². The van der Waals surface area contributed by atoms with E-state index in [2.05, 4.69) is 23.8 Å². The van der Waals surface area contributed by atoms with Crippen LogP contribution in [-0.2, 0) is 6.42 Å². The molecule has 17 heavy (non-hydrogen) atoms. The van der Waals surface area contributed by atoms with E-state index < -0.39 is 0 Å². The second-order valence-corrected chi connectivity index (χ2v) is 6.25. The first-order valence-corrected chi connectivity index (χ1v) is 7.93. The summed E-state index contributed by atoms with van der Waals surface area (Å²) in [5, 5.41) is 14.5. The van der Waals surface area contributed by atoms with Gasteiger partial charge >= 0.3 is 0 Å². The average molecular weight is 252 g/mol. The maximum Gasteiger partial charge on any atom is 0.0568 e. The van der Waals surface area contributed by atoms with Crippen molar-refractivity contribution in [3.63, 3.8) is 0 Å². The number of aliphatic hydroxyl groups is 1. The fraction of sp³-hybridized carbons (Fsp3) is 0.733. The Morgan fingerprint density at radius 3 is 2.94 bits per heavy atom. The van der Waals surface area contributed by atoms with Gasteiger partial charge in [0.2, 0.25) is 0 Å². The quantitative estimate of drug-likeness (QED) is 0.830. The Bertz CT molecular complexity index is 307. The van der Waals surface area contributed by atoms with Gasteiger partial charge in [-0.3, -0.25) is 0 Å². The SMILES string of the molecule is CCCC1CCC(O)C(CCc2ccsc2)C1. The highest BCUT2D eigenvalue weighted by molar-refractivity contribution is 7.07. The van der Waals surface area contributed by atoms with E-state index in [1.54, 1.807) is 11.3 Å². The molecule has 2 rings (SSSR count). The highest BCUT2D eigenvalue weighted by Crippen LogP contribution is 2.34. The molecule has 1 aromatic rings. The number of thiophene rings is 1. The summed E-state index contributed by atoms with van der Waals surface area (Å²) in [6, 6.07) is 2.21. The second-order valence-electron chi connectivity index (χ2n) is 5.47. The Morgan fingerprint density at radius 2 is 2.24 bits per heavy atom. The number of hydrogen-bond donors (Lipinski definition) is 1. The minimum atomic E-state index is -0.0401. The Labute approximate surface area is 109 Å². The van der Waals surface area contributed by atoms with Gasteiger partial charge in [0.15, 0.2) is 0 Å². The third kappa shape index (κ3) is 3.82. The van der Waals surface area contributed by atoms with Gasteiger partial charge in [-0.25, -0.2) is 0 Å². The molecular formula is C15H24OS. The molecule has 96 valence electrons. The number of aliphatic hydroxyl groups excluding tert-OH is 1. The molecule has 1 aliphatic rings. The van der Waals surface area contributed by atoms with Gasteiger partial charge < -0.3 is 5.11 Å². The van der Waals surface area contributed by atoms with Gasteiger partial charge in [-0.15, -0.1) is 0 Å². The second kappa shape index (κ2) is 6.55. The summed E-state index contributed by atoms with van der Waals surface area (Å²) in [5.41, 5.74) is 1.44. The van der Waals surface area contributed by atoms with Crippen LogP contribution in [0.4, 0.5) is 0 Å². The normalized spacial score (nSPS) is 29.4. The number of aryl methyl sites for hydroxylation is 1. The van der Waals surface area contributed by atoms with Crippen molar-refractivity contribution in [2.45, 2.75) is 58.0 Å². The van der Waals surface area contributed by atoms with E-state index >= 15 is 0 Å². The lowest BCUT2D eigenvalue weighted by Gasteiger charge is -2.33. The smallest absolute Gasteiger partial charge is 0.0568 e. The maximum absolute atomic E-state index is 10.1. The zero-order valence-corrected chi connectivity index (χ0v) is 11.6. The van der Waals surface area contributed by atoms with Gasteiger partial charge in [-0.1, -0.05) is 19.8 Å². The van der Waals surface area contributed by atoms with Crippen molar-refractivity contribution < 1.29 is 5.11 Å². The number of rotatable bonds is 5. The van der Waals surface area contributed by atoms with E-state index in [-0.39, 0.29) is 6.10 Å². The van der Waals surface area contributed by atoms with Crippen molar-refractivity contribution in [2.75, 3.05) is 0 Å². The van der Waals surface area contributed by atoms with Crippen molar-refractivity contribution in [1.82, 2.24) is 0 Å². The molecule has 1 nitrogen and oxygen atoms in total. The topological polar surface area (TPSA) is 20.2 Å². The Balaban J connectivity index is 1.81. The predicted molar refractivity (Wildman–Crippen MR) is 74.4 cm³/mol. The monoisotopic (exact) mass is 252 g/mol. The molecule has 0 radical (unpaired) electrons. The van der Waals surface area contributed by atoms with Gasteiger partial charge in [0, 0.05) is 0 Å². The molecule has 3 unspecified atom stereocenters. The van der Waals surface area contributed by atoms with Crippen LogP contribution in [0.2, 0.25) is 0 Å². The van der Waals surface area contributed by atoms with Crippen molar-refractivity contribution >= 4 is 11.3 Å². The summed E-state index contributed by atoms with van der Waals surface area (Å²) in [5.74, 6) is 1.41. The van der Waals surface area contributed by atoms with Gasteiger partial charge in [-0.2, -0.15) is 11.3 Å². The average Bonchev–Trinajstić information content (AvgIpc) is 2.83. The van der Waals surface area contributed by atoms with Crippen LogP contribution in [-0.4, -0.2) is 11.2 Å². The lowest BCUT2D eigenvalue weighted by atomic mass is 9.75. The standard InChI is InChI=1S/C15H24OS/c1-2-3-12-5-7-15(16)14(10-12)6-4-13-8-9-17-11-13/h8-9,11-12,14-16H,2-7,10H2,1H3. The zero-order valence-electron chi connectivity index (χ0n) is 10.8. The predicted octanol–water partition coefficient (Wildman–Crippen LogP) is 4.26. The van der Waals surface area contributed by atoms with Crippen molar-refractivity contribution in [1.29, 1.82) is 0 Å². The van der Waals surface area contributed by atoms with Gasteiger partial charge in [0.1, 0.15) is 0 Å². The first kappa shape index (κ1) is 13.1. The van der Waals surface area contributed by atoms with Crippen molar-refractivity contribution in [2.24, 2.45) is 11.8 Å². The number of hydrogen-bond acceptors (Lipinski definition) is 2. The summed E-state index contributed by atoms with van der Waals surface area (Å²) >= 11 is 1.77. The Hall–Kier alpha value is -0.340. The molecule has 0 spiro atoms. The molecule has 1 saturated carbocycles. The Kier molecular flexibility index (Phi) is 5.05. The molecule has 0 saturated heterocycles. The highest BCUT2D eigenvalue weighted by Gasteiger charge is 2.28. The largest absolute Gasteiger partial charge is 0.393 e. The fourth-order valence-electron chi connectivity index (χ4n) is 3.11. The van der Waals surface area contributed by atoms with Crippen LogP contribution in [0.5, 0.6) is 0 Å². The third-order valence-corrected chi connectivity index (χ3v) is 4.86. The summed E-state index contributed by atoms with van der Waals surface area (Å²) in [4.78, 5) is 0. The maximum atomic E-state index is 10.1. The van der Waals surface area contributed by atoms with E-state index in [4.69, 9.17) is 0 Å². The van der Waals surface area contributed by atoms with E-state index in [1.165, 1.54) is 31.2 Å². The molecule has 1 heterocycles. The van der Waals surface area contributed by atoms with Crippen molar-refractivity contribution in [3.8, 4) is 0 Å². The van der Waals surface area contributed by atoms with Crippen molar-refractivity contribution in [3.05, 3.63) is 22.4 Å². The van der Waals surface area contributed by atoms with Crippen LogP contribution < -0.4 is 0 Å². The lowest BCUT2D eigenvalue weighted by molar-refractivity contribution is 0.0420. The summed E-state index contributed by atoms with van der Waals surface area (Å²) in [7, 11) is 0. The summed E-state index contributed by atoms with van der Waals surface area (Å²) < 4.78 is 0. The first-order chi connectivity index (χ1) is 8.29. The fourth-order valence-corrected chi connectivity index (χ4v) is 3.82. The Morgan fingerprint density at radius 1 is 1.35 bits per heavy atom. The van der Waals surface area contributed by atoms with Crippen LogP contribution in [0.15, 0.2) is 16.8 Å². The van der Waals surface area contributed by atoms with E-state index in [0.29, 0.717) is 5.92 Å².